The van der Waals surface area contributed by atoms with Crippen LogP contribution in [0.4, 0.5) is 5.69 Å². The monoisotopic (exact) mass is 439 g/mol. The molecule has 31 heavy (non-hydrogen) atoms. The highest BCUT2D eigenvalue weighted by Crippen LogP contribution is 2.39. The number of amidine groups is 1. The smallest absolute Gasteiger partial charge is 0.307 e. The van der Waals surface area contributed by atoms with Crippen LogP contribution < -0.4 is 10.1 Å². The van der Waals surface area contributed by atoms with Gasteiger partial charge in [-0.3, -0.25) is 4.79 Å². The molecule has 2 aromatic carbocycles. The fourth-order valence-corrected chi connectivity index (χ4v) is 4.70. The van der Waals surface area contributed by atoms with Crippen LogP contribution in [-0.2, 0) is 9.53 Å². The number of hydrogen-bond donors (Lipinski definition) is 1. The summed E-state index contributed by atoms with van der Waals surface area (Å²) in [6, 6.07) is 13.4. The van der Waals surface area contributed by atoms with E-state index in [4.69, 9.17) is 26.1 Å². The van der Waals surface area contributed by atoms with Gasteiger partial charge in [-0.25, -0.2) is 4.99 Å². The van der Waals surface area contributed by atoms with Gasteiger partial charge >= 0.3 is 5.97 Å². The predicted octanol–water partition coefficient (Wildman–Crippen LogP) is 4.67. The largest absolute Gasteiger partial charge is 0.462 e. The molecule has 2 aliphatic heterocycles. The van der Waals surface area contributed by atoms with Crippen molar-refractivity contribution < 1.29 is 14.3 Å². The molecule has 5 rings (SSSR count). The maximum atomic E-state index is 12.5. The van der Waals surface area contributed by atoms with Gasteiger partial charge < -0.3 is 19.7 Å². The van der Waals surface area contributed by atoms with Gasteiger partial charge in [0.2, 0.25) is 0 Å². The second-order valence-electron chi connectivity index (χ2n) is 8.34. The molecule has 1 aliphatic carbocycles. The summed E-state index contributed by atoms with van der Waals surface area (Å²) in [6.45, 7) is 2.23. The molecule has 162 valence electrons. The first-order valence-corrected chi connectivity index (χ1v) is 11.4. The minimum Gasteiger partial charge on any atom is -0.462 e. The van der Waals surface area contributed by atoms with Gasteiger partial charge in [-0.1, -0.05) is 23.7 Å². The van der Waals surface area contributed by atoms with Gasteiger partial charge in [-0.15, -0.1) is 0 Å². The molecule has 0 aromatic heterocycles. The maximum absolute atomic E-state index is 12.5. The van der Waals surface area contributed by atoms with Gasteiger partial charge in [-0.2, -0.15) is 0 Å². The molecule has 1 N–H and O–H groups in total. The van der Waals surface area contributed by atoms with Gasteiger partial charge in [0.1, 0.15) is 23.4 Å². The Morgan fingerprint density at radius 1 is 1.19 bits per heavy atom. The van der Waals surface area contributed by atoms with Crippen LogP contribution in [0, 0.1) is 0 Å². The first kappa shape index (κ1) is 20.3. The lowest BCUT2D eigenvalue weighted by molar-refractivity contribution is -0.149. The van der Waals surface area contributed by atoms with Crippen molar-refractivity contribution in [2.75, 3.05) is 19.6 Å². The highest BCUT2D eigenvalue weighted by molar-refractivity contribution is 6.31. The summed E-state index contributed by atoms with van der Waals surface area (Å²) in [5.74, 6) is 2.17. The summed E-state index contributed by atoms with van der Waals surface area (Å²) in [5, 5.41) is 4.08. The van der Waals surface area contributed by atoms with Crippen LogP contribution in [0.3, 0.4) is 0 Å². The number of hydrogen-bond acceptors (Lipinski definition) is 6. The molecule has 0 amide bonds. The van der Waals surface area contributed by atoms with E-state index in [9.17, 15) is 4.79 Å². The number of para-hydroxylation sites is 1. The standard InChI is InChI=1S/C24H26ClN3O3/c25-16-9-10-22-20(13-16)27-24(19-7-3-4-8-21(19)31-22)28-12-11-26-17(15-28)14-23(29)30-18-5-1-2-6-18/h3-4,7-10,13,17-18,26H,1-2,5-6,11-12,14-15H2/t17-/m0/s1. The van der Waals surface area contributed by atoms with E-state index in [1.165, 1.54) is 0 Å². The van der Waals surface area contributed by atoms with E-state index in [1.807, 2.05) is 36.4 Å². The fraction of sp³-hybridized carbons (Fsp3) is 0.417. The number of aliphatic imine (C=N–C) groups is 1. The van der Waals surface area contributed by atoms with Crippen LogP contribution in [-0.4, -0.2) is 48.5 Å². The van der Waals surface area contributed by atoms with Crippen molar-refractivity contribution in [1.29, 1.82) is 0 Å². The van der Waals surface area contributed by atoms with E-state index in [-0.39, 0.29) is 18.1 Å². The molecule has 7 heteroatoms. The van der Waals surface area contributed by atoms with Crippen molar-refractivity contribution in [2.24, 2.45) is 4.99 Å². The lowest BCUT2D eigenvalue weighted by atomic mass is 10.1. The number of fused-ring (bicyclic) bond motifs is 2. The Morgan fingerprint density at radius 2 is 2.03 bits per heavy atom. The van der Waals surface area contributed by atoms with Crippen molar-refractivity contribution in [2.45, 2.75) is 44.2 Å². The van der Waals surface area contributed by atoms with Crippen molar-refractivity contribution >= 4 is 29.1 Å². The Morgan fingerprint density at radius 3 is 2.90 bits per heavy atom. The summed E-state index contributed by atoms with van der Waals surface area (Å²) in [5.41, 5.74) is 1.64. The number of carbonyl (C=O) groups is 1. The number of halogens is 1. The molecule has 1 saturated heterocycles. The molecule has 1 atom stereocenters. The SMILES string of the molecule is O=C(C[C@H]1CN(C2=Nc3cc(Cl)ccc3Oc3ccccc32)CCN1)OC1CCCC1. The summed E-state index contributed by atoms with van der Waals surface area (Å²) in [6.07, 6.45) is 4.75. The Labute approximate surface area is 187 Å². The second kappa shape index (κ2) is 8.89. The van der Waals surface area contributed by atoms with Gasteiger partial charge in [-0.05, 0) is 56.0 Å². The molecule has 2 heterocycles. The molecule has 0 spiro atoms. The molecule has 1 saturated carbocycles. The average Bonchev–Trinajstić information content (AvgIpc) is 3.21. The summed E-state index contributed by atoms with van der Waals surface area (Å²) in [7, 11) is 0. The van der Waals surface area contributed by atoms with Crippen LogP contribution >= 0.6 is 11.6 Å². The summed E-state index contributed by atoms with van der Waals surface area (Å²) < 4.78 is 11.8. The maximum Gasteiger partial charge on any atom is 0.307 e. The van der Waals surface area contributed by atoms with E-state index in [1.54, 1.807) is 6.07 Å². The Kier molecular flexibility index (Phi) is 5.83. The van der Waals surface area contributed by atoms with Crippen LogP contribution in [0.25, 0.3) is 0 Å². The first-order chi connectivity index (χ1) is 15.2. The molecular weight excluding hydrogens is 414 g/mol. The minimum absolute atomic E-state index is 0.0144. The topological polar surface area (TPSA) is 63.2 Å². The number of ether oxygens (including phenoxy) is 2. The second-order valence-corrected chi connectivity index (χ2v) is 8.78. The molecule has 6 nitrogen and oxygen atoms in total. The van der Waals surface area contributed by atoms with E-state index in [0.717, 1.165) is 55.9 Å². The predicted molar refractivity (Wildman–Crippen MR) is 120 cm³/mol. The van der Waals surface area contributed by atoms with E-state index >= 15 is 0 Å². The number of piperazine rings is 1. The number of benzene rings is 2. The zero-order chi connectivity index (χ0) is 21.2. The van der Waals surface area contributed by atoms with Crippen LogP contribution in [0.15, 0.2) is 47.5 Å². The Bertz CT molecular complexity index is 1000. The van der Waals surface area contributed by atoms with Crippen molar-refractivity contribution in [1.82, 2.24) is 10.2 Å². The Balaban J connectivity index is 1.38. The molecule has 2 fully saturated rings. The Hall–Kier alpha value is -2.57. The highest BCUT2D eigenvalue weighted by Gasteiger charge is 2.29. The number of esters is 1. The highest BCUT2D eigenvalue weighted by atomic mass is 35.5. The average molecular weight is 440 g/mol. The number of carbonyl (C=O) groups excluding carboxylic acids is 1. The first-order valence-electron chi connectivity index (χ1n) is 11.0. The van der Waals surface area contributed by atoms with Crippen LogP contribution in [0.2, 0.25) is 5.02 Å². The molecule has 0 unspecified atom stereocenters. The van der Waals surface area contributed by atoms with Gasteiger partial charge in [0.05, 0.1) is 12.0 Å². The zero-order valence-electron chi connectivity index (χ0n) is 17.4. The minimum atomic E-state index is -0.116. The van der Waals surface area contributed by atoms with E-state index in [0.29, 0.717) is 29.4 Å². The third-order valence-corrected chi connectivity index (χ3v) is 6.30. The van der Waals surface area contributed by atoms with E-state index in [2.05, 4.69) is 10.2 Å². The van der Waals surface area contributed by atoms with Gasteiger partial charge in [0.15, 0.2) is 5.75 Å². The van der Waals surface area contributed by atoms with Crippen molar-refractivity contribution in [3.8, 4) is 11.5 Å². The van der Waals surface area contributed by atoms with Crippen molar-refractivity contribution in [3.05, 3.63) is 53.1 Å². The van der Waals surface area contributed by atoms with E-state index < -0.39 is 0 Å². The van der Waals surface area contributed by atoms with Crippen LogP contribution in [0.1, 0.15) is 37.7 Å². The summed E-state index contributed by atoms with van der Waals surface area (Å²) >= 11 is 6.23. The number of nitrogens with one attached hydrogen (secondary N) is 1. The normalized spacial score (nSPS) is 20.9. The van der Waals surface area contributed by atoms with Gasteiger partial charge in [0.25, 0.3) is 0 Å². The lowest BCUT2D eigenvalue weighted by Crippen LogP contribution is -2.53. The summed E-state index contributed by atoms with van der Waals surface area (Å²) in [4.78, 5) is 19.6. The third-order valence-electron chi connectivity index (χ3n) is 6.06. The number of rotatable bonds is 3. The number of nitrogens with zero attached hydrogens (tertiary/aromatic N) is 2. The zero-order valence-corrected chi connectivity index (χ0v) is 18.1. The molecule has 3 aliphatic rings. The lowest BCUT2D eigenvalue weighted by Gasteiger charge is -2.35. The molecular formula is C24H26ClN3O3. The quantitative estimate of drug-likeness (QED) is 0.704. The van der Waals surface area contributed by atoms with Gasteiger partial charge in [0, 0.05) is 30.7 Å². The van der Waals surface area contributed by atoms with Crippen molar-refractivity contribution in [3.63, 3.8) is 0 Å². The molecule has 2 aromatic rings. The van der Waals surface area contributed by atoms with Crippen LogP contribution in [0.5, 0.6) is 11.5 Å². The third kappa shape index (κ3) is 4.55. The molecule has 0 radical (unpaired) electrons. The fourth-order valence-electron chi connectivity index (χ4n) is 4.53. The molecule has 0 bridgehead atoms.